The van der Waals surface area contributed by atoms with Crippen molar-refractivity contribution in [1.82, 2.24) is 9.97 Å². The minimum absolute atomic E-state index is 0.545. The van der Waals surface area contributed by atoms with Crippen LogP contribution in [0.25, 0.3) is 11.4 Å². The number of hydrogen-bond acceptors (Lipinski definition) is 2. The van der Waals surface area contributed by atoms with Gasteiger partial charge >= 0.3 is 0 Å². The smallest absolute Gasteiger partial charge is 0.161 e. The number of aryl methyl sites for hydroxylation is 1. The van der Waals surface area contributed by atoms with Crippen LogP contribution in [0.2, 0.25) is 15.2 Å². The lowest BCUT2D eigenvalue weighted by Gasteiger charge is -2.06. The maximum Gasteiger partial charge on any atom is 0.161 e. The number of nitrogens with zero attached hydrogens (tertiary/aromatic N) is 2. The number of fused-ring (bicyclic) bond motifs is 1. The van der Waals surface area contributed by atoms with Gasteiger partial charge in [-0.05, 0) is 37.5 Å². The summed E-state index contributed by atoms with van der Waals surface area (Å²) >= 11 is 18.2. The zero-order chi connectivity index (χ0) is 12.7. The molecule has 0 amide bonds. The Labute approximate surface area is 120 Å². The average Bonchev–Trinajstić information content (AvgIpc) is 2.76. The van der Waals surface area contributed by atoms with Crippen molar-refractivity contribution < 1.29 is 0 Å². The monoisotopic (exact) mass is 298 g/mol. The van der Waals surface area contributed by atoms with Crippen molar-refractivity contribution in [3.8, 4) is 11.4 Å². The molecule has 1 aliphatic rings. The van der Waals surface area contributed by atoms with Gasteiger partial charge in [-0.2, -0.15) is 0 Å². The van der Waals surface area contributed by atoms with Gasteiger partial charge in [-0.1, -0.05) is 34.8 Å². The maximum atomic E-state index is 6.19. The summed E-state index contributed by atoms with van der Waals surface area (Å²) in [4.78, 5) is 8.89. The van der Waals surface area contributed by atoms with Crippen LogP contribution in [0, 0.1) is 0 Å². The number of aromatic nitrogens is 2. The van der Waals surface area contributed by atoms with Crippen LogP contribution in [0.4, 0.5) is 0 Å². The number of hydrogen-bond donors (Lipinski definition) is 0. The predicted molar refractivity (Wildman–Crippen MR) is 74.5 cm³/mol. The molecular formula is C13H9Cl3N2. The van der Waals surface area contributed by atoms with E-state index in [0.717, 1.165) is 36.1 Å². The molecular weight excluding hydrogens is 291 g/mol. The zero-order valence-electron chi connectivity index (χ0n) is 9.38. The van der Waals surface area contributed by atoms with E-state index >= 15 is 0 Å². The second kappa shape index (κ2) is 4.69. The molecule has 0 aliphatic heterocycles. The van der Waals surface area contributed by atoms with Gasteiger partial charge in [0, 0.05) is 26.9 Å². The van der Waals surface area contributed by atoms with Crippen LogP contribution in [0.5, 0.6) is 0 Å². The highest BCUT2D eigenvalue weighted by Crippen LogP contribution is 2.30. The van der Waals surface area contributed by atoms with Crippen molar-refractivity contribution in [1.29, 1.82) is 0 Å². The third-order valence-electron chi connectivity index (χ3n) is 3.00. The molecule has 0 unspecified atom stereocenters. The zero-order valence-corrected chi connectivity index (χ0v) is 11.6. The molecule has 0 bridgehead atoms. The van der Waals surface area contributed by atoms with E-state index in [2.05, 4.69) is 9.97 Å². The highest BCUT2D eigenvalue weighted by atomic mass is 35.5. The molecule has 0 spiro atoms. The van der Waals surface area contributed by atoms with Crippen LogP contribution in [0.15, 0.2) is 18.2 Å². The van der Waals surface area contributed by atoms with Crippen LogP contribution in [-0.2, 0) is 12.8 Å². The van der Waals surface area contributed by atoms with Crippen molar-refractivity contribution in [2.24, 2.45) is 0 Å². The van der Waals surface area contributed by atoms with Crippen LogP contribution in [0.3, 0.4) is 0 Å². The van der Waals surface area contributed by atoms with Crippen LogP contribution in [0.1, 0.15) is 17.7 Å². The molecule has 92 valence electrons. The Kier molecular flexibility index (Phi) is 3.18. The quantitative estimate of drug-likeness (QED) is 0.720. The molecule has 1 heterocycles. The first-order valence-corrected chi connectivity index (χ1v) is 6.78. The Morgan fingerprint density at radius 2 is 1.61 bits per heavy atom. The Balaban J connectivity index is 2.15. The van der Waals surface area contributed by atoms with E-state index in [1.54, 1.807) is 18.2 Å². The molecule has 0 saturated carbocycles. The summed E-state index contributed by atoms with van der Waals surface area (Å²) < 4.78 is 0. The standard InChI is InChI=1S/C13H9Cl3N2/c14-8-4-7(5-9(15)6-8)13-17-11-3-1-2-10(11)12(16)18-13/h4-6H,1-3H2. The van der Waals surface area contributed by atoms with Crippen LogP contribution < -0.4 is 0 Å². The van der Waals surface area contributed by atoms with E-state index in [0.29, 0.717) is 21.0 Å². The molecule has 0 atom stereocenters. The minimum atomic E-state index is 0.545. The van der Waals surface area contributed by atoms with E-state index in [9.17, 15) is 0 Å². The fourth-order valence-electron chi connectivity index (χ4n) is 2.20. The van der Waals surface area contributed by atoms with E-state index in [4.69, 9.17) is 34.8 Å². The van der Waals surface area contributed by atoms with Gasteiger partial charge < -0.3 is 0 Å². The van der Waals surface area contributed by atoms with Gasteiger partial charge in [0.25, 0.3) is 0 Å². The van der Waals surface area contributed by atoms with Gasteiger partial charge in [-0.15, -0.1) is 0 Å². The van der Waals surface area contributed by atoms with E-state index < -0.39 is 0 Å². The van der Waals surface area contributed by atoms with Crippen molar-refractivity contribution in [3.05, 3.63) is 44.7 Å². The Morgan fingerprint density at radius 3 is 2.33 bits per heavy atom. The number of benzene rings is 1. The lowest BCUT2D eigenvalue weighted by atomic mass is 10.2. The summed E-state index contributed by atoms with van der Waals surface area (Å²) in [5.74, 6) is 0.588. The molecule has 1 aliphatic carbocycles. The maximum absolute atomic E-state index is 6.19. The fourth-order valence-corrected chi connectivity index (χ4v) is 3.01. The third-order valence-corrected chi connectivity index (χ3v) is 3.75. The minimum Gasteiger partial charge on any atom is -0.233 e. The van der Waals surface area contributed by atoms with Gasteiger partial charge in [-0.3, -0.25) is 0 Å². The van der Waals surface area contributed by atoms with Crippen molar-refractivity contribution in [2.75, 3.05) is 0 Å². The van der Waals surface area contributed by atoms with Crippen molar-refractivity contribution >= 4 is 34.8 Å². The highest BCUT2D eigenvalue weighted by molar-refractivity contribution is 6.35. The molecule has 0 radical (unpaired) electrons. The molecule has 0 N–H and O–H groups in total. The molecule has 18 heavy (non-hydrogen) atoms. The fraction of sp³-hybridized carbons (Fsp3) is 0.231. The largest absolute Gasteiger partial charge is 0.233 e. The lowest BCUT2D eigenvalue weighted by molar-refractivity contribution is 0.900. The normalized spacial score (nSPS) is 13.7. The van der Waals surface area contributed by atoms with E-state index in [-0.39, 0.29) is 0 Å². The first-order valence-electron chi connectivity index (χ1n) is 5.65. The summed E-state index contributed by atoms with van der Waals surface area (Å²) in [5.41, 5.74) is 2.92. The van der Waals surface area contributed by atoms with Gasteiger partial charge in [0.1, 0.15) is 5.15 Å². The molecule has 0 saturated heterocycles. The Morgan fingerprint density at radius 1 is 0.889 bits per heavy atom. The predicted octanol–water partition coefficient (Wildman–Crippen LogP) is 4.59. The summed E-state index contributed by atoms with van der Waals surface area (Å²) in [6.45, 7) is 0. The molecule has 2 nitrogen and oxygen atoms in total. The van der Waals surface area contributed by atoms with Crippen molar-refractivity contribution in [2.45, 2.75) is 19.3 Å². The van der Waals surface area contributed by atoms with Gasteiger partial charge in [0.05, 0.1) is 0 Å². The van der Waals surface area contributed by atoms with Crippen LogP contribution in [-0.4, -0.2) is 9.97 Å². The van der Waals surface area contributed by atoms with Gasteiger partial charge in [0.15, 0.2) is 5.82 Å². The summed E-state index contributed by atoms with van der Waals surface area (Å²) in [6.07, 6.45) is 3.01. The second-order valence-corrected chi connectivity index (χ2v) is 5.51. The first kappa shape index (κ1) is 12.2. The third kappa shape index (κ3) is 2.20. The SMILES string of the molecule is Clc1cc(Cl)cc(-c2nc(Cl)c3c(n2)CCC3)c1. The lowest BCUT2D eigenvalue weighted by Crippen LogP contribution is -1.97. The Hall–Kier alpha value is -0.830. The van der Waals surface area contributed by atoms with Crippen molar-refractivity contribution in [3.63, 3.8) is 0 Å². The molecule has 0 fully saturated rings. The first-order chi connectivity index (χ1) is 8.63. The Bertz CT molecular complexity index is 606. The summed E-state index contributed by atoms with van der Waals surface area (Å²) in [5, 5.41) is 1.68. The van der Waals surface area contributed by atoms with E-state index in [1.165, 1.54) is 0 Å². The second-order valence-electron chi connectivity index (χ2n) is 4.27. The molecule has 5 heteroatoms. The van der Waals surface area contributed by atoms with Crippen LogP contribution >= 0.6 is 34.8 Å². The molecule has 1 aromatic heterocycles. The van der Waals surface area contributed by atoms with Gasteiger partial charge in [0.2, 0.25) is 0 Å². The highest BCUT2D eigenvalue weighted by Gasteiger charge is 2.18. The van der Waals surface area contributed by atoms with E-state index in [1.807, 2.05) is 0 Å². The summed E-state index contributed by atoms with van der Waals surface area (Å²) in [7, 11) is 0. The molecule has 3 rings (SSSR count). The average molecular weight is 300 g/mol. The molecule has 1 aromatic carbocycles. The number of rotatable bonds is 1. The number of halogens is 3. The summed E-state index contributed by atoms with van der Waals surface area (Å²) in [6, 6.07) is 5.27. The topological polar surface area (TPSA) is 25.8 Å². The van der Waals surface area contributed by atoms with Gasteiger partial charge in [-0.25, -0.2) is 9.97 Å². The molecule has 2 aromatic rings.